The Hall–Kier alpha value is -1.21. The van der Waals surface area contributed by atoms with Crippen LogP contribution in [0.3, 0.4) is 0 Å². The van der Waals surface area contributed by atoms with Crippen LogP contribution in [-0.2, 0) is 19.4 Å². The molecule has 0 saturated carbocycles. The summed E-state index contributed by atoms with van der Waals surface area (Å²) < 4.78 is 33.5. The number of esters is 1. The molecule has 0 spiro atoms. The molecule has 0 bridgehead atoms. The molecular weight excluding hydrogens is 288 g/mol. The lowest BCUT2D eigenvalue weighted by atomic mass is 10.3. The van der Waals surface area contributed by atoms with Gasteiger partial charge in [-0.05, 0) is 30.7 Å². The van der Waals surface area contributed by atoms with E-state index in [1.807, 2.05) is 0 Å². The second-order valence-electron chi connectivity index (χ2n) is 3.82. The van der Waals surface area contributed by atoms with Crippen LogP contribution in [0, 0.1) is 0 Å². The summed E-state index contributed by atoms with van der Waals surface area (Å²) in [6.07, 6.45) is 0.101. The van der Waals surface area contributed by atoms with Crippen LogP contribution in [0.25, 0.3) is 0 Å². The highest BCUT2D eigenvalue weighted by atomic mass is 32.2. The Bertz CT molecular complexity index is 522. The number of sulfone groups is 1. The van der Waals surface area contributed by atoms with E-state index in [0.29, 0.717) is 5.75 Å². The summed E-state index contributed by atoms with van der Waals surface area (Å²) in [5.41, 5.74) is 0. The molecule has 0 aliphatic rings. The first-order valence-electron chi connectivity index (χ1n) is 5.53. The lowest BCUT2D eigenvalue weighted by Gasteiger charge is -2.09. The van der Waals surface area contributed by atoms with Crippen molar-refractivity contribution in [2.45, 2.75) is 16.6 Å². The lowest BCUT2D eigenvalue weighted by Crippen LogP contribution is -2.20. The minimum Gasteiger partial charge on any atom is -0.497 e. The quantitative estimate of drug-likeness (QED) is 0.634. The van der Waals surface area contributed by atoms with E-state index in [1.165, 1.54) is 26.4 Å². The molecule has 0 aliphatic carbocycles. The second kappa shape index (κ2) is 6.81. The lowest BCUT2D eigenvalue weighted by molar-refractivity contribution is -0.139. The molecule has 7 heteroatoms. The maximum absolute atomic E-state index is 12.0. The summed E-state index contributed by atoms with van der Waals surface area (Å²) in [7, 11) is -0.689. The Balaban J connectivity index is 2.72. The number of rotatable bonds is 6. The number of carbonyl (C=O) groups excluding carboxylic acids is 1. The number of hydrogen-bond acceptors (Lipinski definition) is 6. The van der Waals surface area contributed by atoms with Crippen LogP contribution in [-0.4, -0.2) is 39.6 Å². The van der Waals surface area contributed by atoms with Gasteiger partial charge in [0.15, 0.2) is 9.84 Å². The molecule has 0 saturated heterocycles. The predicted octanol–water partition coefficient (Wildman–Crippen LogP) is 1.33. The minimum atomic E-state index is -3.43. The van der Waals surface area contributed by atoms with Gasteiger partial charge in [0.25, 0.3) is 0 Å². The Morgan fingerprint density at radius 3 is 2.32 bits per heavy atom. The summed E-state index contributed by atoms with van der Waals surface area (Å²) >= 11 is 4.00. The first kappa shape index (κ1) is 15.8. The highest BCUT2D eigenvalue weighted by Crippen LogP contribution is 2.18. The van der Waals surface area contributed by atoms with Gasteiger partial charge in [0, 0.05) is 0 Å². The molecule has 5 nitrogen and oxygen atoms in total. The van der Waals surface area contributed by atoms with Crippen LogP contribution in [0.15, 0.2) is 29.2 Å². The van der Waals surface area contributed by atoms with Gasteiger partial charge >= 0.3 is 5.97 Å². The highest BCUT2D eigenvalue weighted by Gasteiger charge is 2.20. The van der Waals surface area contributed by atoms with Crippen LogP contribution in [0.1, 0.15) is 6.42 Å². The second-order valence-corrected chi connectivity index (χ2v) is 6.55. The summed E-state index contributed by atoms with van der Waals surface area (Å²) in [5.74, 6) is -0.114. The molecule has 19 heavy (non-hydrogen) atoms. The number of hydrogen-bond donors (Lipinski definition) is 1. The molecule has 0 aromatic heterocycles. The van der Waals surface area contributed by atoms with Crippen molar-refractivity contribution < 1.29 is 22.7 Å². The topological polar surface area (TPSA) is 69.7 Å². The summed E-state index contributed by atoms with van der Waals surface area (Å²) in [4.78, 5) is 11.3. The standard InChI is InChI=1S/C12H16O5S2/c1-16-9-3-5-10(6-4-9)19(14,15)8-7-11(18)12(13)17-2/h3-6,11,18H,7-8H2,1-2H3/t11-/m1/s1. The molecular formula is C12H16O5S2. The molecule has 1 atom stereocenters. The maximum Gasteiger partial charge on any atom is 0.318 e. The van der Waals surface area contributed by atoms with Gasteiger partial charge in [-0.2, -0.15) is 12.6 Å². The molecule has 0 aliphatic heterocycles. The van der Waals surface area contributed by atoms with Gasteiger partial charge in [-0.25, -0.2) is 8.42 Å². The average Bonchev–Trinajstić information content (AvgIpc) is 2.44. The zero-order chi connectivity index (χ0) is 14.5. The van der Waals surface area contributed by atoms with Crippen LogP contribution in [0.4, 0.5) is 0 Å². The van der Waals surface area contributed by atoms with E-state index in [-0.39, 0.29) is 17.1 Å². The fourth-order valence-corrected chi connectivity index (χ4v) is 3.16. The molecule has 1 rings (SSSR count). The monoisotopic (exact) mass is 304 g/mol. The molecule has 0 unspecified atom stereocenters. The van der Waals surface area contributed by atoms with Gasteiger partial charge in [-0.15, -0.1) is 0 Å². The molecule has 0 N–H and O–H groups in total. The highest BCUT2D eigenvalue weighted by molar-refractivity contribution is 7.91. The summed E-state index contributed by atoms with van der Waals surface area (Å²) in [6, 6.07) is 6.09. The molecule has 0 radical (unpaired) electrons. The largest absolute Gasteiger partial charge is 0.497 e. The van der Waals surface area contributed by atoms with E-state index >= 15 is 0 Å². The van der Waals surface area contributed by atoms with Crippen LogP contribution < -0.4 is 4.74 Å². The fraction of sp³-hybridized carbons (Fsp3) is 0.417. The van der Waals surface area contributed by atoms with E-state index in [0.717, 1.165) is 0 Å². The van der Waals surface area contributed by atoms with Gasteiger partial charge in [0.2, 0.25) is 0 Å². The van der Waals surface area contributed by atoms with E-state index in [1.54, 1.807) is 12.1 Å². The molecule has 1 aromatic rings. The first-order valence-corrected chi connectivity index (χ1v) is 7.70. The van der Waals surface area contributed by atoms with Gasteiger partial charge in [-0.1, -0.05) is 0 Å². The maximum atomic E-state index is 12.0. The first-order chi connectivity index (χ1) is 8.90. The van der Waals surface area contributed by atoms with Crippen LogP contribution in [0.2, 0.25) is 0 Å². The zero-order valence-corrected chi connectivity index (χ0v) is 12.4. The van der Waals surface area contributed by atoms with Crippen molar-refractivity contribution in [1.29, 1.82) is 0 Å². The van der Waals surface area contributed by atoms with Crippen molar-refractivity contribution in [3.8, 4) is 5.75 Å². The summed E-state index contributed by atoms with van der Waals surface area (Å²) in [5, 5.41) is -0.738. The smallest absolute Gasteiger partial charge is 0.318 e. The van der Waals surface area contributed by atoms with Gasteiger partial charge in [0.1, 0.15) is 11.0 Å². The van der Waals surface area contributed by atoms with Gasteiger partial charge in [-0.3, -0.25) is 4.79 Å². The van der Waals surface area contributed by atoms with Crippen molar-refractivity contribution in [3.63, 3.8) is 0 Å². The molecule has 1 aromatic carbocycles. The minimum absolute atomic E-state index is 0.101. The van der Waals surface area contributed by atoms with Crippen LogP contribution in [0.5, 0.6) is 5.75 Å². The van der Waals surface area contributed by atoms with E-state index in [4.69, 9.17) is 4.74 Å². The SMILES string of the molecule is COC(=O)[C@H](S)CCS(=O)(=O)c1ccc(OC)cc1. The molecule has 0 heterocycles. The number of carbonyl (C=O) groups is 1. The normalized spacial score (nSPS) is 12.8. The van der Waals surface area contributed by atoms with Crippen molar-refractivity contribution in [2.75, 3.05) is 20.0 Å². The predicted molar refractivity (Wildman–Crippen MR) is 74.5 cm³/mol. The fourth-order valence-electron chi connectivity index (χ4n) is 1.42. The third-order valence-electron chi connectivity index (χ3n) is 2.55. The Morgan fingerprint density at radius 1 is 1.26 bits per heavy atom. The number of benzene rings is 1. The van der Waals surface area contributed by atoms with Crippen LogP contribution >= 0.6 is 12.6 Å². The van der Waals surface area contributed by atoms with Gasteiger partial charge in [0.05, 0.1) is 24.9 Å². The zero-order valence-electron chi connectivity index (χ0n) is 10.7. The Labute approximate surface area is 118 Å². The van der Waals surface area contributed by atoms with Crippen molar-refractivity contribution in [2.24, 2.45) is 0 Å². The van der Waals surface area contributed by atoms with Crippen molar-refractivity contribution in [1.82, 2.24) is 0 Å². The van der Waals surface area contributed by atoms with E-state index < -0.39 is 21.1 Å². The Morgan fingerprint density at radius 2 is 1.84 bits per heavy atom. The molecule has 0 fully saturated rings. The third-order valence-corrected chi connectivity index (χ3v) is 4.78. The third kappa shape index (κ3) is 4.43. The Kier molecular flexibility index (Phi) is 5.68. The number of ether oxygens (including phenoxy) is 2. The number of thiol groups is 1. The molecule has 0 amide bonds. The van der Waals surface area contributed by atoms with E-state index in [9.17, 15) is 13.2 Å². The molecule has 106 valence electrons. The van der Waals surface area contributed by atoms with E-state index in [2.05, 4.69) is 17.4 Å². The van der Waals surface area contributed by atoms with Crippen molar-refractivity contribution in [3.05, 3.63) is 24.3 Å². The van der Waals surface area contributed by atoms with Crippen molar-refractivity contribution >= 4 is 28.4 Å². The number of methoxy groups -OCH3 is 2. The summed E-state index contributed by atoms with van der Waals surface area (Å²) in [6.45, 7) is 0. The van der Waals surface area contributed by atoms with Gasteiger partial charge < -0.3 is 9.47 Å². The average molecular weight is 304 g/mol.